The lowest BCUT2D eigenvalue weighted by Crippen LogP contribution is -2.38. The van der Waals surface area contributed by atoms with Crippen LogP contribution in [-0.4, -0.2) is 32.8 Å². The molecule has 166 valence electrons. The number of benzene rings is 1. The van der Waals surface area contributed by atoms with E-state index in [1.807, 2.05) is 44.2 Å². The molecule has 0 bridgehead atoms. The molecule has 2 heterocycles. The van der Waals surface area contributed by atoms with E-state index in [1.54, 1.807) is 18.3 Å². The van der Waals surface area contributed by atoms with Gasteiger partial charge >= 0.3 is 0 Å². The van der Waals surface area contributed by atoms with Crippen molar-refractivity contribution in [2.24, 2.45) is 17.4 Å². The van der Waals surface area contributed by atoms with Crippen LogP contribution in [0.5, 0.6) is 0 Å². The van der Waals surface area contributed by atoms with Gasteiger partial charge < -0.3 is 22.1 Å². The molecule has 1 unspecified atom stereocenters. The first-order chi connectivity index (χ1) is 15.2. The van der Waals surface area contributed by atoms with Crippen LogP contribution in [0.1, 0.15) is 30.6 Å². The molecule has 0 saturated heterocycles. The highest BCUT2D eigenvalue weighted by molar-refractivity contribution is 5.98. The third-order valence-corrected chi connectivity index (χ3v) is 4.64. The number of aromatic amines is 1. The third kappa shape index (κ3) is 5.48. The highest BCUT2D eigenvalue weighted by Crippen LogP contribution is 2.22. The number of primary amides is 2. The van der Waals surface area contributed by atoms with Gasteiger partial charge in [-0.15, -0.1) is 0 Å². The first-order valence-electron chi connectivity index (χ1n) is 10.0. The van der Waals surface area contributed by atoms with Gasteiger partial charge in [0.2, 0.25) is 11.9 Å². The maximum atomic E-state index is 12.5. The van der Waals surface area contributed by atoms with Crippen LogP contribution >= 0.6 is 0 Å². The molecular weight excluding hydrogens is 410 g/mol. The van der Waals surface area contributed by atoms with Gasteiger partial charge in [0.05, 0.1) is 5.69 Å². The molecule has 1 atom stereocenters. The second-order valence-corrected chi connectivity index (χ2v) is 7.65. The van der Waals surface area contributed by atoms with Crippen LogP contribution in [0.25, 0.3) is 11.3 Å². The number of hydrogen-bond acceptors (Lipinski definition) is 7. The Bertz CT molecular complexity index is 1160. The Labute approximate surface area is 184 Å². The van der Waals surface area contributed by atoms with Crippen molar-refractivity contribution < 1.29 is 9.59 Å². The molecule has 0 saturated carbocycles. The number of nitrogens with two attached hydrogens (primary N) is 2. The van der Waals surface area contributed by atoms with E-state index in [1.165, 1.54) is 0 Å². The Hall–Kier alpha value is -4.21. The standard InChI is InChI=1S/C22H25N7O3/c1-12(2)11-16(18(23)30)27-22-28-20(17(19(24)31)21(32)29-22)26-14-8-6-13(7-9-14)15-5-3-4-10-25-15/h3-10,12,16H,11H2,1-2H3,(H2,23,30)(H2,24,31)(H3,26,27,28,29,32). The predicted octanol–water partition coefficient (Wildman–Crippen LogP) is 1.99. The molecule has 0 fully saturated rings. The normalized spacial score (nSPS) is 11.7. The molecule has 3 rings (SSSR count). The topological polar surface area (TPSA) is 169 Å². The predicted molar refractivity (Wildman–Crippen MR) is 122 cm³/mol. The molecule has 10 nitrogen and oxygen atoms in total. The van der Waals surface area contributed by atoms with Crippen LogP contribution in [0.3, 0.4) is 0 Å². The number of H-pyrrole nitrogens is 1. The minimum absolute atomic E-state index is 0.00273. The molecule has 2 aromatic heterocycles. The molecule has 0 aliphatic carbocycles. The molecular formula is C22H25N7O3. The number of anilines is 3. The summed E-state index contributed by atoms with van der Waals surface area (Å²) in [5.41, 5.74) is 12.1. The summed E-state index contributed by atoms with van der Waals surface area (Å²) in [4.78, 5) is 47.2. The Balaban J connectivity index is 1.91. The van der Waals surface area contributed by atoms with Gasteiger partial charge in [0.1, 0.15) is 11.6 Å². The summed E-state index contributed by atoms with van der Waals surface area (Å²) < 4.78 is 0. The fourth-order valence-electron chi connectivity index (χ4n) is 3.14. The number of hydrogen-bond donors (Lipinski definition) is 5. The van der Waals surface area contributed by atoms with Crippen molar-refractivity contribution in [3.05, 3.63) is 64.6 Å². The average molecular weight is 435 g/mol. The molecule has 0 aliphatic heterocycles. The molecule has 7 N–H and O–H groups in total. The zero-order chi connectivity index (χ0) is 23.3. The lowest BCUT2D eigenvalue weighted by molar-refractivity contribution is -0.119. The lowest BCUT2D eigenvalue weighted by atomic mass is 10.0. The van der Waals surface area contributed by atoms with Crippen LogP contribution in [0.2, 0.25) is 0 Å². The third-order valence-electron chi connectivity index (χ3n) is 4.64. The Kier molecular flexibility index (Phi) is 6.83. The molecule has 0 spiro atoms. The van der Waals surface area contributed by atoms with Crippen molar-refractivity contribution in [1.82, 2.24) is 15.0 Å². The molecule has 0 radical (unpaired) electrons. The van der Waals surface area contributed by atoms with Crippen LogP contribution in [0.4, 0.5) is 17.5 Å². The second kappa shape index (κ2) is 9.73. The maximum absolute atomic E-state index is 12.5. The van der Waals surface area contributed by atoms with Gasteiger partial charge in [0.15, 0.2) is 5.82 Å². The Morgan fingerprint density at radius 1 is 1.09 bits per heavy atom. The van der Waals surface area contributed by atoms with Crippen molar-refractivity contribution in [3.8, 4) is 11.3 Å². The van der Waals surface area contributed by atoms with E-state index in [9.17, 15) is 14.4 Å². The molecule has 3 aromatic rings. The Morgan fingerprint density at radius 2 is 1.81 bits per heavy atom. The summed E-state index contributed by atoms with van der Waals surface area (Å²) in [6.07, 6.45) is 2.14. The van der Waals surface area contributed by atoms with Gasteiger partial charge in [-0.3, -0.25) is 24.4 Å². The molecule has 10 heteroatoms. The van der Waals surface area contributed by atoms with E-state index in [-0.39, 0.29) is 23.2 Å². The van der Waals surface area contributed by atoms with Crippen LogP contribution in [0.15, 0.2) is 53.5 Å². The zero-order valence-electron chi connectivity index (χ0n) is 17.8. The van der Waals surface area contributed by atoms with E-state index in [0.717, 1.165) is 11.3 Å². The highest BCUT2D eigenvalue weighted by atomic mass is 16.2. The van der Waals surface area contributed by atoms with Crippen molar-refractivity contribution in [2.45, 2.75) is 26.3 Å². The fourth-order valence-corrected chi connectivity index (χ4v) is 3.14. The number of nitrogens with one attached hydrogen (secondary N) is 3. The number of amides is 2. The highest BCUT2D eigenvalue weighted by Gasteiger charge is 2.21. The monoisotopic (exact) mass is 435 g/mol. The van der Waals surface area contributed by atoms with Crippen LogP contribution in [0, 0.1) is 5.92 Å². The summed E-state index contributed by atoms with van der Waals surface area (Å²) in [7, 11) is 0. The first-order valence-corrected chi connectivity index (χ1v) is 10.0. The van der Waals surface area contributed by atoms with Crippen LogP contribution in [-0.2, 0) is 4.79 Å². The Morgan fingerprint density at radius 3 is 2.38 bits per heavy atom. The zero-order valence-corrected chi connectivity index (χ0v) is 17.8. The maximum Gasteiger partial charge on any atom is 0.267 e. The smallest absolute Gasteiger partial charge is 0.267 e. The summed E-state index contributed by atoms with van der Waals surface area (Å²) in [5.74, 6) is -1.39. The number of nitrogens with zero attached hydrogens (tertiary/aromatic N) is 2. The van der Waals surface area contributed by atoms with Gasteiger partial charge in [-0.25, -0.2) is 0 Å². The van der Waals surface area contributed by atoms with Gasteiger partial charge in [0, 0.05) is 17.4 Å². The summed E-state index contributed by atoms with van der Waals surface area (Å²) in [6.45, 7) is 3.87. The SMILES string of the molecule is CC(C)CC(Nc1nc(Nc2ccc(-c3ccccn3)cc2)c(C(N)=O)c(=O)[nH]1)C(N)=O. The van der Waals surface area contributed by atoms with E-state index >= 15 is 0 Å². The van der Waals surface area contributed by atoms with Crippen molar-refractivity contribution in [3.63, 3.8) is 0 Å². The minimum atomic E-state index is -0.938. The number of carbonyl (C=O) groups is 2. The van der Waals surface area contributed by atoms with Crippen LogP contribution < -0.4 is 27.7 Å². The minimum Gasteiger partial charge on any atom is -0.368 e. The summed E-state index contributed by atoms with van der Waals surface area (Å²) >= 11 is 0. The van der Waals surface area contributed by atoms with Crippen molar-refractivity contribution in [2.75, 3.05) is 10.6 Å². The van der Waals surface area contributed by atoms with Crippen molar-refractivity contribution in [1.29, 1.82) is 0 Å². The number of aromatic nitrogens is 3. The van der Waals surface area contributed by atoms with E-state index < -0.39 is 23.4 Å². The number of pyridine rings is 1. The van der Waals surface area contributed by atoms with E-state index in [4.69, 9.17) is 11.5 Å². The number of rotatable bonds is 9. The quantitative estimate of drug-likeness (QED) is 0.342. The average Bonchev–Trinajstić information content (AvgIpc) is 2.73. The lowest BCUT2D eigenvalue weighted by Gasteiger charge is -2.18. The largest absolute Gasteiger partial charge is 0.368 e. The molecule has 0 aliphatic rings. The molecule has 2 amide bonds. The van der Waals surface area contributed by atoms with Gasteiger partial charge in [-0.05, 0) is 36.6 Å². The van der Waals surface area contributed by atoms with Gasteiger partial charge in [0.25, 0.3) is 11.5 Å². The van der Waals surface area contributed by atoms with Gasteiger partial charge in [-0.2, -0.15) is 4.98 Å². The number of carbonyl (C=O) groups excluding carboxylic acids is 2. The molecule has 32 heavy (non-hydrogen) atoms. The van der Waals surface area contributed by atoms with Gasteiger partial charge in [-0.1, -0.05) is 32.0 Å². The molecule has 1 aromatic carbocycles. The summed E-state index contributed by atoms with van der Waals surface area (Å²) in [6, 6.07) is 12.1. The summed E-state index contributed by atoms with van der Waals surface area (Å²) in [5, 5.41) is 5.78. The second-order valence-electron chi connectivity index (χ2n) is 7.65. The fraction of sp³-hybridized carbons (Fsp3) is 0.227. The van der Waals surface area contributed by atoms with Crippen molar-refractivity contribution >= 4 is 29.3 Å². The van der Waals surface area contributed by atoms with E-state index in [0.29, 0.717) is 12.1 Å². The first kappa shape index (κ1) is 22.5. The van der Waals surface area contributed by atoms with E-state index in [2.05, 4.69) is 25.6 Å².